The van der Waals surface area contributed by atoms with E-state index in [2.05, 4.69) is 15.4 Å². The van der Waals surface area contributed by atoms with E-state index in [1.807, 2.05) is 0 Å². The summed E-state index contributed by atoms with van der Waals surface area (Å²) in [5.41, 5.74) is -1.37. The van der Waals surface area contributed by atoms with Gasteiger partial charge in [-0.15, -0.1) is 0 Å². The lowest BCUT2D eigenvalue weighted by molar-refractivity contribution is -0.138. The number of aliphatic hydroxyl groups is 1. The van der Waals surface area contributed by atoms with Gasteiger partial charge >= 0.3 is 6.18 Å². The molecule has 2 N–H and O–H groups in total. The highest BCUT2D eigenvalue weighted by Crippen LogP contribution is 2.39. The molecule has 2 heterocycles. The summed E-state index contributed by atoms with van der Waals surface area (Å²) in [6.45, 7) is 7.95. The van der Waals surface area contributed by atoms with Crippen LogP contribution in [0.2, 0.25) is 0 Å². The van der Waals surface area contributed by atoms with Gasteiger partial charge in [0.2, 0.25) is 11.8 Å². The van der Waals surface area contributed by atoms with Crippen LogP contribution < -0.4 is 10.1 Å². The van der Waals surface area contributed by atoms with Crippen LogP contribution in [0.25, 0.3) is 0 Å². The molecule has 1 atom stereocenters. The number of alkyl halides is 3. The van der Waals surface area contributed by atoms with Crippen molar-refractivity contribution in [3.63, 3.8) is 0 Å². The number of sulfone groups is 1. The van der Waals surface area contributed by atoms with Crippen molar-refractivity contribution in [2.75, 3.05) is 12.4 Å². The Morgan fingerprint density at radius 2 is 1.79 bits per heavy atom. The summed E-state index contributed by atoms with van der Waals surface area (Å²) < 4.78 is 72.1. The van der Waals surface area contributed by atoms with Gasteiger partial charge in [0.1, 0.15) is 5.56 Å². The average molecular weight is 569 g/mol. The lowest BCUT2D eigenvalue weighted by Crippen LogP contribution is -2.32. The average Bonchev–Trinajstić information content (AvgIpc) is 3.18. The Balaban J connectivity index is 1.95. The number of hydrogen-bond acceptors (Lipinski definition) is 7. The zero-order valence-corrected chi connectivity index (χ0v) is 23.0. The number of hydrogen-bond donors (Lipinski definition) is 2. The molecule has 212 valence electrons. The van der Waals surface area contributed by atoms with Gasteiger partial charge in [0.15, 0.2) is 15.5 Å². The van der Waals surface area contributed by atoms with Crippen LogP contribution in [0, 0.1) is 6.92 Å². The van der Waals surface area contributed by atoms with Crippen LogP contribution in [0.5, 0.6) is 11.8 Å². The van der Waals surface area contributed by atoms with E-state index in [0.29, 0.717) is 12.0 Å². The molecule has 0 aliphatic carbocycles. The molecule has 9 nitrogen and oxygen atoms in total. The molecule has 0 saturated carbocycles. The topological polar surface area (TPSA) is 123 Å². The first-order valence-corrected chi connectivity index (χ1v) is 13.8. The number of nitrogens with zero attached hydrogens (tertiary/aromatic N) is 3. The van der Waals surface area contributed by atoms with Gasteiger partial charge in [0, 0.05) is 11.8 Å². The number of pyridine rings is 1. The smallest absolute Gasteiger partial charge is 0.420 e. The molecular weight excluding hydrogens is 537 g/mol. The van der Waals surface area contributed by atoms with Crippen molar-refractivity contribution < 1.29 is 36.2 Å². The van der Waals surface area contributed by atoms with Crippen LogP contribution >= 0.6 is 0 Å². The first kappa shape index (κ1) is 30.1. The monoisotopic (exact) mass is 568 g/mol. The summed E-state index contributed by atoms with van der Waals surface area (Å²) in [6.07, 6.45) is -3.09. The lowest BCUT2D eigenvalue weighted by Gasteiger charge is -2.22. The minimum Gasteiger partial charge on any atom is -0.420 e. The van der Waals surface area contributed by atoms with Crippen molar-refractivity contribution in [2.45, 2.75) is 63.7 Å². The van der Waals surface area contributed by atoms with Crippen LogP contribution in [0.4, 0.5) is 13.2 Å². The summed E-state index contributed by atoms with van der Waals surface area (Å²) in [5, 5.41) is 16.9. The zero-order chi connectivity index (χ0) is 29.2. The Morgan fingerprint density at radius 1 is 1.15 bits per heavy atom. The predicted molar refractivity (Wildman–Crippen MR) is 137 cm³/mol. The molecule has 39 heavy (non-hydrogen) atoms. The number of carbonyl (C=O) groups excluding carboxylic acids is 1. The van der Waals surface area contributed by atoms with Gasteiger partial charge in [0.05, 0.1) is 28.8 Å². The predicted octanol–water partition coefficient (Wildman–Crippen LogP) is 4.80. The summed E-state index contributed by atoms with van der Waals surface area (Å²) in [6, 6.07) is 6.89. The molecular formula is C26H31F3N4O5S. The summed E-state index contributed by atoms with van der Waals surface area (Å²) in [5.74, 6) is -1.49. The second-order valence-electron chi connectivity index (χ2n) is 9.91. The second kappa shape index (κ2) is 11.3. The van der Waals surface area contributed by atoms with E-state index in [-0.39, 0.29) is 27.8 Å². The summed E-state index contributed by atoms with van der Waals surface area (Å²) in [4.78, 5) is 17.1. The van der Waals surface area contributed by atoms with Gasteiger partial charge in [-0.25, -0.2) is 18.1 Å². The quantitative estimate of drug-likeness (QED) is 0.380. The molecule has 13 heteroatoms. The third-order valence-electron chi connectivity index (χ3n) is 5.79. The van der Waals surface area contributed by atoms with Crippen LogP contribution in [-0.4, -0.2) is 46.6 Å². The number of carbonyl (C=O) groups is 1. The van der Waals surface area contributed by atoms with E-state index in [4.69, 9.17) is 4.74 Å². The van der Waals surface area contributed by atoms with Crippen LogP contribution in [0.3, 0.4) is 0 Å². The van der Waals surface area contributed by atoms with E-state index in [1.165, 1.54) is 35.9 Å². The second-order valence-corrected chi connectivity index (χ2v) is 12.0. The fourth-order valence-electron chi connectivity index (χ4n) is 3.81. The summed E-state index contributed by atoms with van der Waals surface area (Å²) >= 11 is 0. The molecule has 0 fully saturated rings. The number of rotatable bonds is 9. The maximum Gasteiger partial charge on any atom is 0.421 e. The SMILES string of the molecule is CCCS(=O)(=O)c1ccc(C(CO)NC(=O)c2nn(C(C)(C)C)c(Oc3ncccc3C(F)(F)F)c2C)cc1. The van der Waals surface area contributed by atoms with Crippen molar-refractivity contribution in [3.8, 4) is 11.8 Å². The molecule has 0 saturated heterocycles. The van der Waals surface area contributed by atoms with Crippen molar-refractivity contribution in [1.82, 2.24) is 20.1 Å². The van der Waals surface area contributed by atoms with E-state index < -0.39 is 51.6 Å². The van der Waals surface area contributed by atoms with E-state index in [1.54, 1.807) is 27.7 Å². The van der Waals surface area contributed by atoms with Gasteiger partial charge in [0.25, 0.3) is 5.91 Å². The molecule has 3 rings (SSSR count). The Bertz CT molecular complexity index is 1430. The number of aliphatic hydroxyl groups excluding tert-OH is 1. The normalized spacial score (nSPS) is 13.3. The molecule has 0 bridgehead atoms. The first-order valence-electron chi connectivity index (χ1n) is 12.1. The highest BCUT2D eigenvalue weighted by Gasteiger charge is 2.37. The molecule has 2 aromatic heterocycles. The lowest BCUT2D eigenvalue weighted by atomic mass is 10.1. The minimum absolute atomic E-state index is 0.00437. The van der Waals surface area contributed by atoms with Crippen molar-refractivity contribution in [2.24, 2.45) is 0 Å². The number of ether oxygens (including phenoxy) is 1. The number of nitrogens with one attached hydrogen (secondary N) is 1. The molecule has 1 aromatic carbocycles. The van der Waals surface area contributed by atoms with Crippen LogP contribution in [0.1, 0.15) is 67.3 Å². The van der Waals surface area contributed by atoms with Crippen molar-refractivity contribution in [1.29, 1.82) is 0 Å². The van der Waals surface area contributed by atoms with E-state index in [0.717, 1.165) is 18.3 Å². The molecule has 0 aliphatic rings. The van der Waals surface area contributed by atoms with E-state index in [9.17, 15) is 31.5 Å². The number of benzene rings is 1. The first-order chi connectivity index (χ1) is 18.1. The van der Waals surface area contributed by atoms with Crippen LogP contribution in [-0.2, 0) is 21.6 Å². The van der Waals surface area contributed by atoms with Crippen molar-refractivity contribution in [3.05, 3.63) is 65.0 Å². The third-order valence-corrected chi connectivity index (χ3v) is 7.73. The van der Waals surface area contributed by atoms with Crippen LogP contribution in [0.15, 0.2) is 47.5 Å². The zero-order valence-electron chi connectivity index (χ0n) is 22.2. The maximum absolute atomic E-state index is 13.5. The Morgan fingerprint density at radius 3 is 2.33 bits per heavy atom. The highest BCUT2D eigenvalue weighted by molar-refractivity contribution is 7.91. The highest BCUT2D eigenvalue weighted by atomic mass is 32.2. The van der Waals surface area contributed by atoms with Crippen molar-refractivity contribution >= 4 is 15.7 Å². The molecule has 1 unspecified atom stereocenters. The fraction of sp³-hybridized carbons (Fsp3) is 0.423. The molecule has 3 aromatic rings. The van der Waals surface area contributed by atoms with Gasteiger partial charge < -0.3 is 15.2 Å². The van der Waals surface area contributed by atoms with Gasteiger partial charge in [-0.1, -0.05) is 19.1 Å². The number of halogens is 3. The molecule has 0 aliphatic heterocycles. The van der Waals surface area contributed by atoms with Gasteiger partial charge in [-0.2, -0.15) is 18.3 Å². The number of amides is 1. The minimum atomic E-state index is -4.72. The molecule has 0 spiro atoms. The van der Waals surface area contributed by atoms with E-state index >= 15 is 0 Å². The van der Waals surface area contributed by atoms with Gasteiger partial charge in [-0.3, -0.25) is 4.79 Å². The van der Waals surface area contributed by atoms with Gasteiger partial charge in [-0.05, 0) is 63.9 Å². The standard InChI is InChI=1S/C26H31F3N4O5S/c1-6-14-39(36,37)18-11-9-17(10-12-18)20(15-34)31-22(35)21-16(2)24(33(32-21)25(3,4)5)38-23-19(26(27,28)29)8-7-13-30-23/h7-13,20,34H,6,14-15H2,1-5H3,(H,31,35). The largest absolute Gasteiger partial charge is 0.421 e. The maximum atomic E-state index is 13.5. The fourth-order valence-corrected chi connectivity index (χ4v) is 5.13. The molecule has 1 amide bonds. The third kappa shape index (κ3) is 6.77. The Labute approximate surface area is 224 Å². The molecule has 0 radical (unpaired) electrons. The Kier molecular flexibility index (Phi) is 8.75. The number of aromatic nitrogens is 3. The summed E-state index contributed by atoms with van der Waals surface area (Å²) in [7, 11) is -3.44. The Hall–Kier alpha value is -3.45.